The van der Waals surface area contributed by atoms with Gasteiger partial charge >= 0.3 is 0 Å². The second kappa shape index (κ2) is 21.4. The van der Waals surface area contributed by atoms with Crippen molar-refractivity contribution in [3.8, 4) is 28.5 Å². The first-order valence-electron chi connectivity index (χ1n) is 25.1. The summed E-state index contributed by atoms with van der Waals surface area (Å²) >= 11 is 0. The summed E-state index contributed by atoms with van der Waals surface area (Å²) < 4.78 is 14.2. The first kappa shape index (κ1) is 48.0. The number of fused-ring (bicyclic) bond motifs is 1. The minimum Gasteiger partial charge on any atom is -0.507 e. The van der Waals surface area contributed by atoms with Crippen LogP contribution < -0.4 is 30.3 Å². The lowest BCUT2D eigenvalue weighted by atomic mass is 9.96. The Hall–Kier alpha value is -7.61. The molecule has 1 unspecified atom stereocenters. The van der Waals surface area contributed by atoms with Crippen LogP contribution in [0.3, 0.4) is 0 Å². The highest BCUT2D eigenvalue weighted by molar-refractivity contribution is 6.24. The van der Waals surface area contributed by atoms with Crippen LogP contribution in [0.5, 0.6) is 17.2 Å². The van der Waals surface area contributed by atoms with Gasteiger partial charge in [-0.2, -0.15) is 0 Å². The summed E-state index contributed by atoms with van der Waals surface area (Å²) in [5.74, 6) is -0.746. The van der Waals surface area contributed by atoms with E-state index in [4.69, 9.17) is 15.2 Å². The van der Waals surface area contributed by atoms with Crippen molar-refractivity contribution in [3.05, 3.63) is 95.8 Å². The highest BCUT2D eigenvalue weighted by Crippen LogP contribution is 2.35. The number of hydrogen-bond donors (Lipinski definition) is 3. The Bertz CT molecular complexity index is 2810. The van der Waals surface area contributed by atoms with Gasteiger partial charge in [-0.3, -0.25) is 43.8 Å². The van der Waals surface area contributed by atoms with Gasteiger partial charge in [-0.25, -0.2) is 0 Å². The zero-order valence-corrected chi connectivity index (χ0v) is 40.2. The molecule has 376 valence electrons. The third-order valence-corrected chi connectivity index (χ3v) is 14.5. The van der Waals surface area contributed by atoms with E-state index in [1.807, 2.05) is 11.0 Å². The molecule has 2 atom stereocenters. The third kappa shape index (κ3) is 10.7. The summed E-state index contributed by atoms with van der Waals surface area (Å²) in [6, 6.07) is 21.3. The van der Waals surface area contributed by atoms with Crippen molar-refractivity contribution in [2.75, 3.05) is 74.4 Å². The molecule has 0 bridgehead atoms. The SMILES string of the molecule is Nc1nnc(-c2ccccc2O)cc1O[C@H]1CCCN(c2ccc(N3CCN(CCCCC(=O)N4CCC(Cn5cc(COc6cccc7c6C(=O)N(C6CCC(=O)NC6=O)C7=O)nn5)CC4)CC3)cc2)C1. The molecule has 5 aromatic rings. The average molecular weight is 981 g/mol. The number of phenols is 1. The highest BCUT2D eigenvalue weighted by atomic mass is 16.5. The zero-order valence-electron chi connectivity index (χ0n) is 40.2. The molecular weight excluding hydrogens is 921 g/mol. The number of imide groups is 2. The van der Waals surface area contributed by atoms with E-state index in [0.717, 1.165) is 108 Å². The van der Waals surface area contributed by atoms with Gasteiger partial charge in [0.1, 0.15) is 41.6 Å². The number of carbonyl (C=O) groups is 5. The molecule has 4 fully saturated rings. The average Bonchev–Trinajstić information content (AvgIpc) is 3.95. The Morgan fingerprint density at radius 2 is 1.54 bits per heavy atom. The maximum absolute atomic E-state index is 13.4. The number of piperidine rings is 3. The van der Waals surface area contributed by atoms with Crippen LogP contribution in [-0.4, -0.2) is 146 Å². The predicted octanol–water partition coefficient (Wildman–Crippen LogP) is 4.28. The van der Waals surface area contributed by atoms with Crippen molar-refractivity contribution < 1.29 is 38.6 Å². The molecule has 5 amide bonds. The number of nitrogen functional groups attached to an aromatic ring is 1. The van der Waals surface area contributed by atoms with Crippen molar-refractivity contribution in [1.29, 1.82) is 0 Å². The van der Waals surface area contributed by atoms with Crippen molar-refractivity contribution in [2.45, 2.75) is 83.1 Å². The fourth-order valence-corrected chi connectivity index (χ4v) is 10.5. The number of aromatic nitrogens is 5. The van der Waals surface area contributed by atoms with Gasteiger partial charge in [0, 0.05) is 88.2 Å². The van der Waals surface area contributed by atoms with Gasteiger partial charge < -0.3 is 35.0 Å². The number of hydrogen-bond acceptors (Lipinski definition) is 16. The maximum atomic E-state index is 13.4. The van der Waals surface area contributed by atoms with Crippen LogP contribution in [0.4, 0.5) is 17.2 Å². The number of amides is 5. The Labute approximate surface area is 417 Å². The summed E-state index contributed by atoms with van der Waals surface area (Å²) in [5.41, 5.74) is 10.4. The number of aromatic hydroxyl groups is 1. The van der Waals surface area contributed by atoms with E-state index >= 15 is 0 Å². The second-order valence-corrected chi connectivity index (χ2v) is 19.3. The van der Waals surface area contributed by atoms with E-state index < -0.39 is 29.7 Å². The normalized spacial score (nSPS) is 19.9. The number of nitrogens with zero attached hydrogens (tertiary/aromatic N) is 10. The first-order valence-corrected chi connectivity index (χ1v) is 25.1. The zero-order chi connectivity index (χ0) is 49.7. The summed E-state index contributed by atoms with van der Waals surface area (Å²) in [7, 11) is 0. The van der Waals surface area contributed by atoms with Crippen LogP contribution >= 0.6 is 0 Å². The quantitative estimate of drug-likeness (QED) is 0.0925. The van der Waals surface area contributed by atoms with Crippen LogP contribution in [0.15, 0.2) is 79.0 Å². The van der Waals surface area contributed by atoms with Crippen LogP contribution in [-0.2, 0) is 27.5 Å². The summed E-state index contributed by atoms with van der Waals surface area (Å²) in [4.78, 5) is 74.2. The molecule has 0 saturated carbocycles. The van der Waals surface area contributed by atoms with Crippen molar-refractivity contribution >= 4 is 46.7 Å². The second-order valence-electron chi connectivity index (χ2n) is 19.3. The molecule has 2 aromatic heterocycles. The summed E-state index contributed by atoms with van der Waals surface area (Å²) in [5, 5.41) is 29.4. The lowest BCUT2D eigenvalue weighted by Gasteiger charge is -2.37. The highest BCUT2D eigenvalue weighted by Gasteiger charge is 2.46. The Morgan fingerprint density at radius 1 is 0.778 bits per heavy atom. The van der Waals surface area contributed by atoms with Gasteiger partial charge in [0.25, 0.3) is 11.8 Å². The molecule has 4 N–H and O–H groups in total. The minimum atomic E-state index is -1.06. The number of unbranched alkanes of at least 4 members (excludes halogenated alkanes) is 1. The minimum absolute atomic E-state index is 0.0175. The van der Waals surface area contributed by atoms with Crippen molar-refractivity contribution in [1.82, 2.24) is 45.2 Å². The Balaban J connectivity index is 0.606. The van der Waals surface area contributed by atoms with Gasteiger partial charge in [0.05, 0.1) is 23.9 Å². The molecule has 0 radical (unpaired) electrons. The molecule has 0 aliphatic carbocycles. The van der Waals surface area contributed by atoms with E-state index in [2.05, 4.69) is 64.8 Å². The van der Waals surface area contributed by atoms with Gasteiger partial charge in [-0.1, -0.05) is 23.4 Å². The van der Waals surface area contributed by atoms with Gasteiger partial charge in [-0.05, 0) is 106 Å². The summed E-state index contributed by atoms with van der Waals surface area (Å²) in [6.07, 6.45) is 7.89. The monoisotopic (exact) mass is 980 g/mol. The summed E-state index contributed by atoms with van der Waals surface area (Å²) in [6.45, 7) is 8.63. The lowest BCUT2D eigenvalue weighted by molar-refractivity contribution is -0.136. The Kier molecular flexibility index (Phi) is 14.3. The van der Waals surface area contributed by atoms with Crippen LogP contribution in [0.1, 0.15) is 84.2 Å². The van der Waals surface area contributed by atoms with E-state index in [9.17, 15) is 29.1 Å². The van der Waals surface area contributed by atoms with Gasteiger partial charge in [0.15, 0.2) is 11.6 Å². The molecule has 0 spiro atoms. The molecule has 7 heterocycles. The lowest BCUT2D eigenvalue weighted by Crippen LogP contribution is -2.54. The largest absolute Gasteiger partial charge is 0.507 e. The standard InChI is InChI=1S/C52H60N12O8/c53-49-45(29-41(56-57-49)39-8-1-2-10-43(39)65)72-38-7-6-22-62(32-38)37-15-13-36(14-16-37)60-27-25-59(26-28-60)21-4-3-12-47(67)61-23-19-34(20-24-61)30-63-31-35(55-58-63)33-71-44-11-5-9-40-48(44)52(70)64(51(40)69)42-17-18-46(66)54-50(42)68/h1-2,5,8-11,13-16,29,31,34,38,42,65H,3-4,6-7,12,17-28,30,32-33H2,(H2,53,57)(H,54,66,68)/t38-,42?/m0/s1. The molecule has 72 heavy (non-hydrogen) atoms. The Morgan fingerprint density at radius 3 is 2.32 bits per heavy atom. The molecular formula is C52H60N12O8. The number of anilines is 3. The van der Waals surface area contributed by atoms with E-state index in [1.54, 1.807) is 47.3 Å². The molecule has 20 heteroatoms. The van der Waals surface area contributed by atoms with E-state index in [1.165, 1.54) is 11.8 Å². The number of para-hydroxylation sites is 1. The van der Waals surface area contributed by atoms with Crippen LogP contribution in [0, 0.1) is 5.92 Å². The van der Waals surface area contributed by atoms with Crippen molar-refractivity contribution in [2.24, 2.45) is 5.92 Å². The number of nitrogens with two attached hydrogens (primary N) is 1. The number of nitrogens with one attached hydrogen (secondary N) is 1. The number of benzene rings is 3. The molecule has 5 aliphatic heterocycles. The topological polar surface area (TPSA) is 235 Å². The maximum Gasteiger partial charge on any atom is 0.266 e. The third-order valence-electron chi connectivity index (χ3n) is 14.5. The molecule has 10 rings (SSSR count). The van der Waals surface area contributed by atoms with Gasteiger partial charge in [-0.15, -0.1) is 15.3 Å². The smallest absolute Gasteiger partial charge is 0.266 e. The first-order chi connectivity index (χ1) is 35.0. The fourth-order valence-electron chi connectivity index (χ4n) is 10.5. The van der Waals surface area contributed by atoms with Gasteiger partial charge in [0.2, 0.25) is 17.7 Å². The van der Waals surface area contributed by atoms with Crippen LogP contribution in [0.25, 0.3) is 11.3 Å². The number of likely N-dealkylation sites (tertiary alicyclic amines) is 1. The number of rotatable bonds is 16. The number of ether oxygens (including phenoxy) is 2. The van der Waals surface area contributed by atoms with Crippen molar-refractivity contribution in [3.63, 3.8) is 0 Å². The number of phenolic OH excluding ortho intramolecular Hbond substituents is 1. The number of piperazine rings is 1. The molecule has 5 aliphatic rings. The molecule has 20 nitrogen and oxygen atoms in total. The van der Waals surface area contributed by atoms with E-state index in [0.29, 0.717) is 41.6 Å². The number of carbonyl (C=O) groups excluding carboxylic acids is 5. The van der Waals surface area contributed by atoms with Crippen LogP contribution in [0.2, 0.25) is 0 Å². The van der Waals surface area contributed by atoms with E-state index in [-0.39, 0.29) is 59.9 Å². The fraction of sp³-hybridized carbons (Fsp3) is 0.442. The molecule has 4 saturated heterocycles. The molecule has 3 aromatic carbocycles. The predicted molar refractivity (Wildman–Crippen MR) is 265 cm³/mol.